The van der Waals surface area contributed by atoms with Gasteiger partial charge in [0.1, 0.15) is 0 Å². The van der Waals surface area contributed by atoms with Crippen LogP contribution in [0.5, 0.6) is 0 Å². The number of hydroxylamine groups is 2. The van der Waals surface area contributed by atoms with Gasteiger partial charge in [0.2, 0.25) is 0 Å². The number of hydrogen-bond donors (Lipinski definition) is 0. The Morgan fingerprint density at radius 2 is 1.54 bits per heavy atom. The molecule has 0 N–H and O–H groups in total. The van der Waals surface area contributed by atoms with Crippen LogP contribution in [0.15, 0.2) is 36.4 Å². The molecular formula is C15H9F2NO7S. The zero-order valence-electron chi connectivity index (χ0n) is 12.9. The third-order valence-electron chi connectivity index (χ3n) is 3.64. The summed E-state index contributed by atoms with van der Waals surface area (Å²) in [7, 11) is -5.49. The lowest BCUT2D eigenvalue weighted by molar-refractivity contribution is -0.159. The number of carbonyl (C=O) groups excluding carboxylic acids is 3. The number of halogens is 2. The Morgan fingerprint density at radius 1 is 1.04 bits per heavy atom. The molecule has 0 unspecified atom stereocenters. The maximum absolute atomic E-state index is 13.7. The number of methoxy groups -OCH3 is 1. The number of nitrogens with zero attached hydrogens (tertiary/aromatic N) is 1. The SMILES string of the molecule is COC(=O)C(F)(F)S(=O)(=O)ON1C(=O)c2cccc3cccc(c23)C1=O. The number of benzene rings is 2. The predicted molar refractivity (Wildman–Crippen MR) is 81.4 cm³/mol. The van der Waals surface area contributed by atoms with Gasteiger partial charge in [0.15, 0.2) is 0 Å². The zero-order chi connectivity index (χ0) is 19.3. The second-order valence-electron chi connectivity index (χ2n) is 5.15. The first kappa shape index (κ1) is 17.9. The van der Waals surface area contributed by atoms with Crippen LogP contribution in [0, 0.1) is 0 Å². The molecule has 1 heterocycles. The summed E-state index contributed by atoms with van der Waals surface area (Å²) in [6, 6.07) is 8.71. The van der Waals surface area contributed by atoms with Gasteiger partial charge in [0.05, 0.1) is 18.2 Å². The van der Waals surface area contributed by atoms with Crippen molar-refractivity contribution in [3.63, 3.8) is 0 Å². The number of imide groups is 1. The third kappa shape index (κ3) is 2.44. The first-order valence-electron chi connectivity index (χ1n) is 6.92. The molecule has 3 rings (SSSR count). The highest BCUT2D eigenvalue weighted by Crippen LogP contribution is 2.33. The Morgan fingerprint density at radius 3 is 2.00 bits per heavy atom. The van der Waals surface area contributed by atoms with Gasteiger partial charge in [-0.15, -0.1) is 9.35 Å². The minimum atomic E-state index is -6.03. The van der Waals surface area contributed by atoms with E-state index < -0.39 is 33.2 Å². The van der Waals surface area contributed by atoms with Gasteiger partial charge in [-0.25, -0.2) is 4.79 Å². The highest BCUT2D eigenvalue weighted by Gasteiger charge is 2.58. The molecule has 8 nitrogen and oxygen atoms in total. The summed E-state index contributed by atoms with van der Waals surface area (Å²) < 4.78 is 58.6. The quantitative estimate of drug-likeness (QED) is 0.579. The fourth-order valence-electron chi connectivity index (χ4n) is 2.44. The lowest BCUT2D eigenvalue weighted by atomic mass is 9.95. The molecular weight excluding hydrogens is 376 g/mol. The van der Waals surface area contributed by atoms with Crippen molar-refractivity contribution in [2.24, 2.45) is 0 Å². The van der Waals surface area contributed by atoms with Crippen molar-refractivity contribution < 1.29 is 40.6 Å². The molecule has 136 valence electrons. The van der Waals surface area contributed by atoms with Gasteiger partial charge in [-0.1, -0.05) is 24.3 Å². The molecule has 0 saturated heterocycles. The van der Waals surface area contributed by atoms with Gasteiger partial charge in [0, 0.05) is 5.39 Å². The van der Waals surface area contributed by atoms with Crippen LogP contribution in [0.4, 0.5) is 8.78 Å². The van der Waals surface area contributed by atoms with E-state index in [1.54, 1.807) is 12.1 Å². The minimum absolute atomic E-state index is 0.116. The van der Waals surface area contributed by atoms with Crippen LogP contribution in [-0.2, 0) is 23.9 Å². The van der Waals surface area contributed by atoms with E-state index in [-0.39, 0.29) is 21.6 Å². The summed E-state index contributed by atoms with van der Waals surface area (Å²) in [5, 5.41) is -4.68. The summed E-state index contributed by atoms with van der Waals surface area (Å²) in [6.07, 6.45) is 0. The van der Waals surface area contributed by atoms with E-state index in [0.29, 0.717) is 12.5 Å². The third-order valence-corrected chi connectivity index (χ3v) is 4.78. The van der Waals surface area contributed by atoms with Crippen molar-refractivity contribution in [3.05, 3.63) is 47.5 Å². The molecule has 0 fully saturated rings. The van der Waals surface area contributed by atoms with E-state index in [1.165, 1.54) is 24.3 Å². The highest BCUT2D eigenvalue weighted by atomic mass is 32.2. The smallest absolute Gasteiger partial charge is 0.464 e. The molecule has 2 aromatic rings. The Bertz CT molecular complexity index is 1010. The normalized spacial score (nSPS) is 14.7. The van der Waals surface area contributed by atoms with Crippen LogP contribution < -0.4 is 0 Å². The van der Waals surface area contributed by atoms with Crippen LogP contribution >= 0.6 is 0 Å². The average Bonchev–Trinajstić information content (AvgIpc) is 2.62. The van der Waals surface area contributed by atoms with Gasteiger partial charge in [-0.3, -0.25) is 9.59 Å². The largest absolute Gasteiger partial charge is 0.467 e. The Kier molecular flexibility index (Phi) is 4.00. The molecule has 2 amide bonds. The maximum atomic E-state index is 13.7. The number of esters is 1. The fraction of sp³-hybridized carbons (Fsp3) is 0.133. The first-order valence-corrected chi connectivity index (χ1v) is 8.33. The van der Waals surface area contributed by atoms with Crippen LogP contribution in [0.2, 0.25) is 0 Å². The van der Waals surface area contributed by atoms with Gasteiger partial charge in [-0.2, -0.15) is 17.2 Å². The molecule has 0 bridgehead atoms. The van der Waals surface area contributed by atoms with Gasteiger partial charge in [0.25, 0.3) is 11.8 Å². The standard InChI is InChI=1S/C15H9F2NO7S/c1-24-14(21)15(16,17)26(22,23)25-18-12(19)9-6-2-4-8-5-3-7-10(11(8)9)13(18)20/h2-7H,1H3. The van der Waals surface area contributed by atoms with Crippen LogP contribution in [0.3, 0.4) is 0 Å². The molecule has 1 aliphatic heterocycles. The number of rotatable bonds is 4. The van der Waals surface area contributed by atoms with Crippen molar-refractivity contribution in [2.75, 3.05) is 7.11 Å². The van der Waals surface area contributed by atoms with Crippen molar-refractivity contribution in [2.45, 2.75) is 5.25 Å². The van der Waals surface area contributed by atoms with E-state index in [1.807, 2.05) is 0 Å². The van der Waals surface area contributed by atoms with Crippen molar-refractivity contribution >= 4 is 38.7 Å². The molecule has 11 heteroatoms. The number of carbonyl (C=O) groups is 3. The zero-order valence-corrected chi connectivity index (χ0v) is 13.7. The minimum Gasteiger partial charge on any atom is -0.464 e. The van der Waals surface area contributed by atoms with Crippen molar-refractivity contribution in [3.8, 4) is 0 Å². The molecule has 0 spiro atoms. The van der Waals surface area contributed by atoms with Crippen LogP contribution in [0.1, 0.15) is 20.7 Å². The number of ether oxygens (including phenoxy) is 1. The molecule has 0 aromatic heterocycles. The molecule has 1 aliphatic rings. The second-order valence-corrected chi connectivity index (χ2v) is 6.72. The summed E-state index contributed by atoms with van der Waals surface area (Å²) in [5.41, 5.74) is -0.233. The summed E-state index contributed by atoms with van der Waals surface area (Å²) in [4.78, 5) is 35.8. The fourth-order valence-corrected chi connectivity index (χ4v) is 3.15. The second kappa shape index (κ2) is 5.81. The molecule has 2 aromatic carbocycles. The van der Waals surface area contributed by atoms with Gasteiger partial charge < -0.3 is 4.74 Å². The lowest BCUT2D eigenvalue weighted by Gasteiger charge is -2.26. The highest BCUT2D eigenvalue weighted by molar-refractivity contribution is 7.88. The Balaban J connectivity index is 2.08. The van der Waals surface area contributed by atoms with E-state index in [4.69, 9.17) is 0 Å². The average molecular weight is 385 g/mol. The number of alkyl halides is 2. The number of amides is 2. The summed E-state index contributed by atoms with van der Waals surface area (Å²) in [6.45, 7) is 0. The van der Waals surface area contributed by atoms with Gasteiger partial charge in [-0.05, 0) is 17.5 Å². The molecule has 0 aliphatic carbocycles. The Labute approximate surface area is 145 Å². The monoisotopic (exact) mass is 385 g/mol. The van der Waals surface area contributed by atoms with E-state index >= 15 is 0 Å². The molecule has 0 atom stereocenters. The van der Waals surface area contributed by atoms with Crippen molar-refractivity contribution in [1.82, 2.24) is 5.06 Å². The van der Waals surface area contributed by atoms with E-state index in [0.717, 1.165) is 0 Å². The predicted octanol–water partition coefficient (Wildman–Crippen LogP) is 1.46. The van der Waals surface area contributed by atoms with E-state index in [2.05, 4.69) is 9.02 Å². The summed E-state index contributed by atoms with van der Waals surface area (Å²) >= 11 is 0. The number of hydrogen-bond acceptors (Lipinski definition) is 7. The first-order chi connectivity index (χ1) is 12.1. The van der Waals surface area contributed by atoms with Crippen LogP contribution in [-0.4, -0.2) is 43.6 Å². The van der Waals surface area contributed by atoms with Crippen molar-refractivity contribution in [1.29, 1.82) is 0 Å². The molecule has 0 saturated carbocycles. The Hall–Kier alpha value is -2.92. The van der Waals surface area contributed by atoms with Crippen LogP contribution in [0.25, 0.3) is 10.8 Å². The maximum Gasteiger partial charge on any atom is 0.467 e. The topological polar surface area (TPSA) is 107 Å². The molecule has 0 radical (unpaired) electrons. The lowest BCUT2D eigenvalue weighted by Crippen LogP contribution is -2.48. The van der Waals surface area contributed by atoms with Gasteiger partial charge >= 0.3 is 21.3 Å². The summed E-state index contributed by atoms with van der Waals surface area (Å²) in [5.74, 6) is -4.94. The van der Waals surface area contributed by atoms with E-state index in [9.17, 15) is 31.6 Å². The molecule has 26 heavy (non-hydrogen) atoms.